The van der Waals surface area contributed by atoms with E-state index in [0.717, 1.165) is 81.7 Å². The molecule has 1 aliphatic carbocycles. The maximum Gasteiger partial charge on any atom is 0.274 e. The zero-order valence-corrected chi connectivity index (χ0v) is 15.8. The van der Waals surface area contributed by atoms with Gasteiger partial charge in [0.25, 0.3) is 5.91 Å². The van der Waals surface area contributed by atoms with Crippen LogP contribution in [0.25, 0.3) is 5.69 Å². The minimum atomic E-state index is -0.904. The van der Waals surface area contributed by atoms with E-state index in [-0.39, 0.29) is 5.91 Å². The standard InChI is InChI=1S/C21H24F2N4O/c22-16-5-4-14(12-17(16)23)27-18-3-1-2-15(18)19(25-27)20(28)26-10-7-21(8-11-26)6-9-24-13-21/h4-5,12,24H,1-3,6-11,13H2. The van der Waals surface area contributed by atoms with Crippen LogP contribution in [-0.4, -0.2) is 46.8 Å². The van der Waals surface area contributed by atoms with Crippen LogP contribution < -0.4 is 5.32 Å². The maximum atomic E-state index is 13.7. The molecule has 5 nitrogen and oxygen atoms in total. The summed E-state index contributed by atoms with van der Waals surface area (Å²) >= 11 is 0. The Balaban J connectivity index is 1.43. The lowest BCUT2D eigenvalue weighted by molar-refractivity contribution is 0.0600. The molecule has 1 spiro atoms. The van der Waals surface area contributed by atoms with Crippen LogP contribution in [0, 0.1) is 17.0 Å². The lowest BCUT2D eigenvalue weighted by Crippen LogP contribution is -2.44. The van der Waals surface area contributed by atoms with Gasteiger partial charge >= 0.3 is 0 Å². The van der Waals surface area contributed by atoms with Crippen LogP contribution in [0.4, 0.5) is 8.78 Å². The number of benzene rings is 1. The Hall–Kier alpha value is -2.28. The van der Waals surface area contributed by atoms with E-state index in [1.165, 1.54) is 12.5 Å². The smallest absolute Gasteiger partial charge is 0.274 e. The van der Waals surface area contributed by atoms with Crippen LogP contribution in [0.5, 0.6) is 0 Å². The Morgan fingerprint density at radius 1 is 1.11 bits per heavy atom. The van der Waals surface area contributed by atoms with E-state index in [4.69, 9.17) is 0 Å². The molecular formula is C21H24F2N4O. The van der Waals surface area contributed by atoms with E-state index in [1.807, 2.05) is 4.90 Å². The summed E-state index contributed by atoms with van der Waals surface area (Å²) in [5.41, 5.74) is 3.22. The molecule has 1 amide bonds. The Labute approximate surface area is 162 Å². The lowest BCUT2D eigenvalue weighted by Gasteiger charge is -2.38. The van der Waals surface area contributed by atoms with Gasteiger partial charge in [0, 0.05) is 37.0 Å². The molecule has 2 fully saturated rings. The molecule has 3 aliphatic rings. The fourth-order valence-electron chi connectivity index (χ4n) is 5.00. The van der Waals surface area contributed by atoms with Gasteiger partial charge < -0.3 is 10.2 Å². The Morgan fingerprint density at radius 3 is 2.64 bits per heavy atom. The molecular weight excluding hydrogens is 362 g/mol. The van der Waals surface area contributed by atoms with E-state index >= 15 is 0 Å². The molecule has 1 aromatic heterocycles. The van der Waals surface area contributed by atoms with Crippen LogP contribution in [-0.2, 0) is 12.8 Å². The predicted octanol–water partition coefficient (Wildman–Crippen LogP) is 2.85. The number of nitrogens with one attached hydrogen (secondary N) is 1. The summed E-state index contributed by atoms with van der Waals surface area (Å²) in [6.07, 6.45) is 5.79. The van der Waals surface area contributed by atoms with Crippen molar-refractivity contribution in [3.05, 3.63) is 46.8 Å². The first-order valence-corrected chi connectivity index (χ1v) is 10.1. The van der Waals surface area contributed by atoms with Crippen molar-refractivity contribution in [2.45, 2.75) is 38.5 Å². The summed E-state index contributed by atoms with van der Waals surface area (Å²) in [7, 11) is 0. The first-order chi connectivity index (χ1) is 13.6. The molecule has 0 unspecified atom stereocenters. The van der Waals surface area contributed by atoms with Gasteiger partial charge in [0.05, 0.1) is 5.69 Å². The van der Waals surface area contributed by atoms with Crippen molar-refractivity contribution >= 4 is 5.91 Å². The van der Waals surface area contributed by atoms with Gasteiger partial charge in [-0.3, -0.25) is 4.79 Å². The van der Waals surface area contributed by atoms with Crippen molar-refractivity contribution in [1.29, 1.82) is 0 Å². The first kappa shape index (κ1) is 17.8. The largest absolute Gasteiger partial charge is 0.337 e. The number of nitrogens with zero attached hydrogens (tertiary/aromatic N) is 3. The molecule has 5 rings (SSSR count). The number of hydrogen-bond acceptors (Lipinski definition) is 3. The molecule has 2 saturated heterocycles. The number of fused-ring (bicyclic) bond motifs is 1. The Morgan fingerprint density at radius 2 is 1.93 bits per heavy atom. The molecule has 7 heteroatoms. The summed E-state index contributed by atoms with van der Waals surface area (Å²) in [5, 5.41) is 8.01. The number of carbonyl (C=O) groups is 1. The molecule has 0 bridgehead atoms. The number of rotatable bonds is 2. The molecule has 1 aromatic carbocycles. The minimum absolute atomic E-state index is 0.0275. The van der Waals surface area contributed by atoms with Crippen molar-refractivity contribution in [3.63, 3.8) is 0 Å². The number of likely N-dealkylation sites (tertiary alicyclic amines) is 1. The Kier molecular flexibility index (Phi) is 4.23. The van der Waals surface area contributed by atoms with Gasteiger partial charge in [-0.25, -0.2) is 13.5 Å². The van der Waals surface area contributed by atoms with Gasteiger partial charge in [-0.05, 0) is 62.6 Å². The maximum absolute atomic E-state index is 13.7. The number of carbonyl (C=O) groups excluding carboxylic acids is 1. The van der Waals surface area contributed by atoms with Crippen LogP contribution in [0.15, 0.2) is 18.2 Å². The van der Waals surface area contributed by atoms with Gasteiger partial charge in [0.2, 0.25) is 0 Å². The van der Waals surface area contributed by atoms with Gasteiger partial charge in [-0.1, -0.05) is 0 Å². The van der Waals surface area contributed by atoms with Gasteiger partial charge in [-0.2, -0.15) is 5.10 Å². The van der Waals surface area contributed by atoms with Gasteiger partial charge in [0.1, 0.15) is 0 Å². The summed E-state index contributed by atoms with van der Waals surface area (Å²) in [6, 6.07) is 3.76. The SMILES string of the molecule is O=C(c1nn(-c2ccc(F)c(F)c2)c2c1CCC2)N1CCC2(CCNC2)CC1. The van der Waals surface area contributed by atoms with Crippen LogP contribution in [0.3, 0.4) is 0 Å². The quantitative estimate of drug-likeness (QED) is 0.864. The van der Waals surface area contributed by atoms with E-state index in [0.29, 0.717) is 16.8 Å². The Bertz CT molecular complexity index is 923. The molecule has 0 atom stereocenters. The average Bonchev–Trinajstić information content (AvgIpc) is 3.41. The highest BCUT2D eigenvalue weighted by Gasteiger charge is 2.39. The highest BCUT2D eigenvalue weighted by molar-refractivity contribution is 5.94. The fourth-order valence-corrected chi connectivity index (χ4v) is 5.00. The van der Waals surface area contributed by atoms with Crippen LogP contribution >= 0.6 is 0 Å². The summed E-state index contributed by atoms with van der Waals surface area (Å²) in [6.45, 7) is 3.63. The van der Waals surface area contributed by atoms with Crippen LogP contribution in [0.2, 0.25) is 0 Å². The second kappa shape index (κ2) is 6.65. The topological polar surface area (TPSA) is 50.2 Å². The zero-order chi connectivity index (χ0) is 19.3. The van der Waals surface area contributed by atoms with Gasteiger partial charge in [-0.15, -0.1) is 0 Å². The van der Waals surface area contributed by atoms with Crippen molar-refractivity contribution in [2.75, 3.05) is 26.2 Å². The number of amides is 1. The fraction of sp³-hybridized carbons (Fsp3) is 0.524. The predicted molar refractivity (Wildman–Crippen MR) is 101 cm³/mol. The number of hydrogen-bond donors (Lipinski definition) is 1. The second-order valence-corrected chi connectivity index (χ2v) is 8.36. The van der Waals surface area contributed by atoms with Crippen molar-refractivity contribution in [2.24, 2.45) is 5.41 Å². The minimum Gasteiger partial charge on any atom is -0.337 e. The van der Waals surface area contributed by atoms with Crippen molar-refractivity contribution in [3.8, 4) is 5.69 Å². The molecule has 0 radical (unpaired) electrons. The third-order valence-electron chi connectivity index (χ3n) is 6.72. The van der Waals surface area contributed by atoms with E-state index in [2.05, 4.69) is 10.4 Å². The third-order valence-corrected chi connectivity index (χ3v) is 6.72. The first-order valence-electron chi connectivity index (χ1n) is 10.1. The van der Waals surface area contributed by atoms with Crippen LogP contribution in [0.1, 0.15) is 47.4 Å². The zero-order valence-electron chi connectivity index (χ0n) is 15.8. The molecule has 1 N–H and O–H groups in total. The molecule has 0 saturated carbocycles. The summed E-state index contributed by atoms with van der Waals surface area (Å²) in [5.74, 6) is -1.81. The molecule has 2 aliphatic heterocycles. The normalized spacial score (nSPS) is 20.7. The number of halogens is 2. The van der Waals surface area contributed by atoms with Crippen molar-refractivity contribution in [1.82, 2.24) is 20.0 Å². The van der Waals surface area contributed by atoms with E-state index < -0.39 is 11.6 Å². The second-order valence-electron chi connectivity index (χ2n) is 8.36. The molecule has 148 valence electrons. The van der Waals surface area contributed by atoms with E-state index in [9.17, 15) is 13.6 Å². The highest BCUT2D eigenvalue weighted by Crippen LogP contribution is 2.38. The summed E-state index contributed by atoms with van der Waals surface area (Å²) < 4.78 is 28.7. The molecule has 3 heterocycles. The lowest BCUT2D eigenvalue weighted by atomic mass is 9.78. The number of aromatic nitrogens is 2. The monoisotopic (exact) mass is 386 g/mol. The van der Waals surface area contributed by atoms with E-state index in [1.54, 1.807) is 4.68 Å². The van der Waals surface area contributed by atoms with Gasteiger partial charge in [0.15, 0.2) is 17.3 Å². The molecule has 2 aromatic rings. The highest BCUT2D eigenvalue weighted by atomic mass is 19.2. The van der Waals surface area contributed by atoms with Crippen molar-refractivity contribution < 1.29 is 13.6 Å². The molecule has 28 heavy (non-hydrogen) atoms. The number of piperidine rings is 1. The third kappa shape index (κ3) is 2.83. The average molecular weight is 386 g/mol. The summed E-state index contributed by atoms with van der Waals surface area (Å²) in [4.78, 5) is 15.1.